The number of Topliss-reactive ketones (excluding diaryl/α,β-unsaturated/α-hetero) is 1. The molecule has 3 aliphatic rings. The molecule has 5 heteroatoms. The summed E-state index contributed by atoms with van der Waals surface area (Å²) < 4.78 is 5.06. The lowest BCUT2D eigenvalue weighted by Crippen LogP contribution is -2.55. The number of esters is 1. The smallest absolute Gasteiger partial charge is 0.322 e. The van der Waals surface area contributed by atoms with Crippen LogP contribution in [0.1, 0.15) is 18.4 Å². The number of carbonyl (C=O) groups is 2. The summed E-state index contributed by atoms with van der Waals surface area (Å²) in [5, 5.41) is 0.625. The molecule has 0 radical (unpaired) electrons. The van der Waals surface area contributed by atoms with Crippen LogP contribution in [0, 0.1) is 5.41 Å². The number of anilines is 1. The molecule has 0 unspecified atom stereocenters. The molecule has 0 saturated carbocycles. The maximum atomic E-state index is 12.4. The lowest BCUT2D eigenvalue weighted by atomic mass is 9.69. The van der Waals surface area contributed by atoms with Crippen molar-refractivity contribution in [3.8, 4) is 0 Å². The minimum Gasteiger partial charge on any atom is -0.457 e. The predicted molar refractivity (Wildman–Crippen MR) is 73.9 cm³/mol. The van der Waals surface area contributed by atoms with Gasteiger partial charge in [-0.2, -0.15) is 0 Å². The Kier molecular flexibility index (Phi) is 2.43. The number of benzene rings is 1. The van der Waals surface area contributed by atoms with Gasteiger partial charge < -0.3 is 9.64 Å². The van der Waals surface area contributed by atoms with E-state index in [2.05, 4.69) is 4.90 Å². The average Bonchev–Trinajstić information content (AvgIpc) is 3.02. The van der Waals surface area contributed by atoms with Crippen LogP contribution in [0.3, 0.4) is 0 Å². The highest BCUT2D eigenvalue weighted by molar-refractivity contribution is 6.32. The molecule has 4 nitrogen and oxygen atoms in total. The molecule has 2 saturated heterocycles. The van der Waals surface area contributed by atoms with Crippen molar-refractivity contribution in [1.82, 2.24) is 0 Å². The number of nitrogens with zero attached hydrogens (tertiary/aromatic N) is 1. The van der Waals surface area contributed by atoms with Crippen LogP contribution in [0.4, 0.5) is 5.69 Å². The van der Waals surface area contributed by atoms with Gasteiger partial charge in [-0.15, -0.1) is 0 Å². The van der Waals surface area contributed by atoms with E-state index in [0.717, 1.165) is 30.6 Å². The summed E-state index contributed by atoms with van der Waals surface area (Å²) in [6.45, 7) is 0.767. The third kappa shape index (κ3) is 1.32. The van der Waals surface area contributed by atoms with Crippen LogP contribution in [0.15, 0.2) is 18.2 Å². The lowest BCUT2D eigenvalue weighted by Gasteiger charge is -2.43. The van der Waals surface area contributed by atoms with Crippen LogP contribution in [0.2, 0.25) is 5.02 Å². The van der Waals surface area contributed by atoms with Crippen molar-refractivity contribution in [2.75, 3.05) is 18.1 Å². The van der Waals surface area contributed by atoms with Gasteiger partial charge in [0.15, 0.2) is 17.8 Å². The van der Waals surface area contributed by atoms with Crippen LogP contribution in [0.5, 0.6) is 0 Å². The van der Waals surface area contributed by atoms with Crippen LogP contribution in [0.25, 0.3) is 0 Å². The number of hydrogen-bond acceptors (Lipinski definition) is 4. The van der Waals surface area contributed by atoms with Crippen molar-refractivity contribution >= 4 is 29.0 Å². The highest BCUT2D eigenvalue weighted by Gasteiger charge is 2.62. The molecule has 2 atom stereocenters. The van der Waals surface area contributed by atoms with Crippen molar-refractivity contribution in [1.29, 1.82) is 0 Å². The highest BCUT2D eigenvalue weighted by Crippen LogP contribution is 2.50. The van der Waals surface area contributed by atoms with Gasteiger partial charge in [-0.05, 0) is 30.5 Å². The molecule has 3 aliphatic heterocycles. The normalized spacial score (nSPS) is 31.4. The number of cyclic esters (lactones) is 1. The Hall–Kier alpha value is -1.55. The fraction of sp³-hybridized carbons (Fsp3) is 0.467. The van der Waals surface area contributed by atoms with E-state index in [1.165, 1.54) is 0 Å². The van der Waals surface area contributed by atoms with Gasteiger partial charge in [0.05, 0.1) is 6.04 Å². The number of halogens is 1. The zero-order valence-corrected chi connectivity index (χ0v) is 11.7. The van der Waals surface area contributed by atoms with Crippen molar-refractivity contribution in [2.45, 2.75) is 25.3 Å². The molecule has 0 bridgehead atoms. The third-order valence-corrected chi connectivity index (χ3v) is 5.23. The number of rotatable bonds is 0. The standard InChI is InChI=1S/C15H14ClNO3/c16-10-3-1-4-11-9(10)7-15(12-5-2-6-17(11)12)13(18)8-20-14(15)19/h1,3-4,12H,2,5-8H2/t12-,15+/m1/s1. The Bertz CT molecular complexity index is 612. The molecule has 1 aromatic carbocycles. The van der Waals surface area contributed by atoms with Crippen LogP contribution in [-0.4, -0.2) is 30.9 Å². The van der Waals surface area contributed by atoms with E-state index in [1.54, 1.807) is 0 Å². The second kappa shape index (κ2) is 3.98. The fourth-order valence-electron chi connectivity index (χ4n) is 3.95. The number of hydrogen-bond donors (Lipinski definition) is 0. The van der Waals surface area contributed by atoms with E-state index in [-0.39, 0.29) is 24.4 Å². The fourth-order valence-corrected chi connectivity index (χ4v) is 4.19. The molecule has 1 aromatic rings. The molecule has 4 rings (SSSR count). The molecule has 0 aliphatic carbocycles. The second-order valence-electron chi connectivity index (χ2n) is 5.74. The lowest BCUT2D eigenvalue weighted by molar-refractivity contribution is -0.148. The Labute approximate surface area is 121 Å². The first-order valence-corrected chi connectivity index (χ1v) is 7.27. The minimum absolute atomic E-state index is 0.0732. The third-order valence-electron chi connectivity index (χ3n) is 4.88. The predicted octanol–water partition coefficient (Wildman–Crippen LogP) is 1.98. The van der Waals surface area contributed by atoms with E-state index < -0.39 is 5.41 Å². The molecule has 3 heterocycles. The summed E-state index contributed by atoms with van der Waals surface area (Å²) in [5.41, 5.74) is 0.937. The molecule has 20 heavy (non-hydrogen) atoms. The van der Waals surface area contributed by atoms with Gasteiger partial charge in [-0.1, -0.05) is 17.7 Å². The van der Waals surface area contributed by atoms with E-state index in [1.807, 2.05) is 18.2 Å². The maximum absolute atomic E-state index is 12.4. The number of fused-ring (bicyclic) bond motifs is 4. The Morgan fingerprint density at radius 2 is 2.20 bits per heavy atom. The minimum atomic E-state index is -1.03. The van der Waals surface area contributed by atoms with Gasteiger partial charge in [-0.25, -0.2) is 0 Å². The van der Waals surface area contributed by atoms with E-state index in [4.69, 9.17) is 16.3 Å². The van der Waals surface area contributed by atoms with Crippen molar-refractivity contribution in [2.24, 2.45) is 5.41 Å². The maximum Gasteiger partial charge on any atom is 0.322 e. The summed E-state index contributed by atoms with van der Waals surface area (Å²) in [6, 6.07) is 5.69. The zero-order chi connectivity index (χ0) is 13.9. The van der Waals surface area contributed by atoms with Gasteiger partial charge in [0, 0.05) is 23.7 Å². The Morgan fingerprint density at radius 1 is 1.35 bits per heavy atom. The first kappa shape index (κ1) is 12.2. The molecule has 1 spiro atoms. The van der Waals surface area contributed by atoms with Crippen LogP contribution in [-0.2, 0) is 20.7 Å². The van der Waals surface area contributed by atoms with Gasteiger partial charge in [0.25, 0.3) is 0 Å². The molecule has 104 valence electrons. The molecular weight excluding hydrogens is 278 g/mol. The summed E-state index contributed by atoms with van der Waals surface area (Å²) >= 11 is 6.30. The van der Waals surface area contributed by atoms with Gasteiger partial charge in [0.1, 0.15) is 0 Å². The first-order chi connectivity index (χ1) is 9.64. The van der Waals surface area contributed by atoms with E-state index >= 15 is 0 Å². The first-order valence-electron chi connectivity index (χ1n) is 6.89. The van der Waals surface area contributed by atoms with E-state index in [9.17, 15) is 9.59 Å². The summed E-state index contributed by atoms with van der Waals surface area (Å²) in [5.74, 6) is -0.463. The van der Waals surface area contributed by atoms with Crippen LogP contribution < -0.4 is 4.90 Å². The van der Waals surface area contributed by atoms with E-state index in [0.29, 0.717) is 11.4 Å². The van der Waals surface area contributed by atoms with Gasteiger partial charge >= 0.3 is 5.97 Å². The summed E-state index contributed by atoms with van der Waals surface area (Å²) in [4.78, 5) is 26.9. The molecule has 0 amide bonds. The largest absolute Gasteiger partial charge is 0.457 e. The zero-order valence-electron chi connectivity index (χ0n) is 10.9. The molecule has 2 fully saturated rings. The van der Waals surface area contributed by atoms with Crippen molar-refractivity contribution in [3.63, 3.8) is 0 Å². The molecule has 0 N–H and O–H groups in total. The SMILES string of the molecule is O=C1COC(=O)[C@]12Cc1c(Cl)cccc1N1CCC[C@@H]12. The number of ether oxygens (including phenoxy) is 1. The summed E-state index contributed by atoms with van der Waals surface area (Å²) in [6.07, 6.45) is 2.21. The average molecular weight is 292 g/mol. The van der Waals surface area contributed by atoms with Gasteiger partial charge in [0.2, 0.25) is 0 Å². The van der Waals surface area contributed by atoms with Crippen molar-refractivity contribution < 1.29 is 14.3 Å². The van der Waals surface area contributed by atoms with Crippen LogP contribution >= 0.6 is 11.6 Å². The monoisotopic (exact) mass is 291 g/mol. The molecular formula is C15H14ClNO3. The topological polar surface area (TPSA) is 46.6 Å². The Morgan fingerprint density at radius 3 is 2.95 bits per heavy atom. The number of carbonyl (C=O) groups excluding carboxylic acids is 2. The molecule has 0 aromatic heterocycles. The van der Waals surface area contributed by atoms with Crippen molar-refractivity contribution in [3.05, 3.63) is 28.8 Å². The summed E-state index contributed by atoms with van der Waals surface area (Å²) in [7, 11) is 0. The van der Waals surface area contributed by atoms with Gasteiger partial charge in [-0.3, -0.25) is 9.59 Å². The quantitative estimate of drug-likeness (QED) is 0.542. The Balaban J connectivity index is 1.94. The second-order valence-corrected chi connectivity index (χ2v) is 6.14. The number of ketones is 1. The highest BCUT2D eigenvalue weighted by atomic mass is 35.5.